The Morgan fingerprint density at radius 3 is 2.88 bits per heavy atom. The number of hydrogen-bond acceptors (Lipinski definition) is 2. The van der Waals surface area contributed by atoms with Gasteiger partial charge in [0.1, 0.15) is 5.82 Å². The fourth-order valence-corrected chi connectivity index (χ4v) is 1.89. The van der Waals surface area contributed by atoms with Gasteiger partial charge in [0.05, 0.1) is 11.6 Å². The summed E-state index contributed by atoms with van der Waals surface area (Å²) in [6.07, 6.45) is 0. The van der Waals surface area contributed by atoms with Gasteiger partial charge in [0.2, 0.25) is 0 Å². The number of nitrogens with zero attached hydrogens (tertiary/aromatic N) is 1. The van der Waals surface area contributed by atoms with Crippen LogP contribution in [0.4, 0.5) is 0 Å². The summed E-state index contributed by atoms with van der Waals surface area (Å²) < 4.78 is 0.934. The smallest absolute Gasteiger partial charge is 0.251 e. The number of nitrogens with one attached hydrogen (secondary N) is 1. The van der Waals surface area contributed by atoms with E-state index in [0.717, 1.165) is 10.0 Å². The van der Waals surface area contributed by atoms with Crippen molar-refractivity contribution in [3.8, 4) is 11.4 Å². The lowest BCUT2D eigenvalue weighted by molar-refractivity contribution is 1.06. The molecule has 0 radical (unpaired) electrons. The van der Waals surface area contributed by atoms with E-state index in [1.54, 1.807) is 0 Å². The van der Waals surface area contributed by atoms with Gasteiger partial charge in [-0.3, -0.25) is 4.79 Å². The molecule has 5 heteroatoms. The topological polar surface area (TPSA) is 45.8 Å². The first-order chi connectivity index (χ1) is 7.69. The zero-order valence-electron chi connectivity index (χ0n) is 8.21. The molecule has 0 aliphatic heterocycles. The summed E-state index contributed by atoms with van der Waals surface area (Å²) in [4.78, 5) is 18.3. The lowest BCUT2D eigenvalue weighted by Crippen LogP contribution is -2.09. The number of rotatable bonds is 2. The Kier molecular flexibility index (Phi) is 3.41. The summed E-state index contributed by atoms with van der Waals surface area (Å²) in [5.74, 6) is 0.759. The molecule has 0 saturated heterocycles. The minimum absolute atomic E-state index is 0.194. The quantitative estimate of drug-likeness (QED) is 0.867. The first-order valence-corrected chi connectivity index (χ1v) is 5.94. The van der Waals surface area contributed by atoms with Gasteiger partial charge < -0.3 is 4.98 Å². The van der Waals surface area contributed by atoms with Crippen molar-refractivity contribution in [2.24, 2.45) is 0 Å². The Labute approximate surface area is 106 Å². The first kappa shape index (κ1) is 11.4. The van der Waals surface area contributed by atoms with Gasteiger partial charge in [-0.15, -0.1) is 11.6 Å². The third-order valence-corrected chi connectivity index (χ3v) is 2.80. The fraction of sp³-hybridized carbons (Fsp3) is 0.0909. The highest BCUT2D eigenvalue weighted by atomic mass is 79.9. The Bertz CT molecular complexity index is 568. The van der Waals surface area contributed by atoms with E-state index in [1.165, 1.54) is 6.07 Å². The normalized spacial score (nSPS) is 10.4. The largest absolute Gasteiger partial charge is 0.307 e. The lowest BCUT2D eigenvalue weighted by atomic mass is 10.2. The molecule has 0 unspecified atom stereocenters. The monoisotopic (exact) mass is 298 g/mol. The Morgan fingerprint density at radius 2 is 2.19 bits per heavy atom. The van der Waals surface area contributed by atoms with Gasteiger partial charge in [-0.2, -0.15) is 0 Å². The third kappa shape index (κ3) is 2.51. The highest BCUT2D eigenvalue weighted by molar-refractivity contribution is 9.10. The van der Waals surface area contributed by atoms with E-state index in [2.05, 4.69) is 25.9 Å². The second kappa shape index (κ2) is 4.80. The standard InChI is InChI=1S/C11H8BrClN2O/c12-8-3-1-2-7(4-8)11-14-9(6-13)5-10(16)15-11/h1-5H,6H2,(H,14,15,16). The maximum atomic E-state index is 11.4. The second-order valence-electron chi connectivity index (χ2n) is 3.23. The maximum absolute atomic E-state index is 11.4. The molecule has 0 amide bonds. The Hall–Kier alpha value is -1.13. The molecule has 2 aromatic rings. The number of aromatic nitrogens is 2. The van der Waals surface area contributed by atoms with Crippen LogP contribution in [0.3, 0.4) is 0 Å². The zero-order valence-corrected chi connectivity index (χ0v) is 10.5. The molecule has 0 bridgehead atoms. The van der Waals surface area contributed by atoms with E-state index in [-0.39, 0.29) is 11.4 Å². The molecule has 2 rings (SSSR count). The van der Waals surface area contributed by atoms with E-state index in [4.69, 9.17) is 11.6 Å². The van der Waals surface area contributed by atoms with Crippen molar-refractivity contribution in [3.05, 3.63) is 50.9 Å². The highest BCUT2D eigenvalue weighted by Gasteiger charge is 2.03. The molecule has 1 heterocycles. The van der Waals surface area contributed by atoms with Crippen molar-refractivity contribution in [1.82, 2.24) is 9.97 Å². The van der Waals surface area contributed by atoms with E-state index in [1.807, 2.05) is 24.3 Å². The van der Waals surface area contributed by atoms with E-state index in [9.17, 15) is 4.79 Å². The van der Waals surface area contributed by atoms with Gasteiger partial charge in [0, 0.05) is 16.1 Å². The van der Waals surface area contributed by atoms with Crippen molar-refractivity contribution >= 4 is 27.5 Å². The molecular weight excluding hydrogens is 291 g/mol. The minimum atomic E-state index is -0.194. The van der Waals surface area contributed by atoms with E-state index < -0.39 is 0 Å². The zero-order chi connectivity index (χ0) is 11.5. The molecule has 82 valence electrons. The van der Waals surface area contributed by atoms with Crippen LogP contribution in [0.5, 0.6) is 0 Å². The van der Waals surface area contributed by atoms with Crippen LogP contribution < -0.4 is 5.56 Å². The number of benzene rings is 1. The molecule has 0 fully saturated rings. The average Bonchev–Trinajstić information content (AvgIpc) is 2.28. The van der Waals surface area contributed by atoms with Gasteiger partial charge in [0.25, 0.3) is 5.56 Å². The van der Waals surface area contributed by atoms with E-state index >= 15 is 0 Å². The van der Waals surface area contributed by atoms with Crippen LogP contribution >= 0.6 is 27.5 Å². The molecule has 0 atom stereocenters. The minimum Gasteiger partial charge on any atom is -0.307 e. The van der Waals surface area contributed by atoms with Crippen LogP contribution in [0.15, 0.2) is 39.6 Å². The van der Waals surface area contributed by atoms with Crippen molar-refractivity contribution in [1.29, 1.82) is 0 Å². The predicted molar refractivity (Wildman–Crippen MR) is 67.6 cm³/mol. The van der Waals surface area contributed by atoms with Crippen LogP contribution in [-0.4, -0.2) is 9.97 Å². The summed E-state index contributed by atoms with van der Waals surface area (Å²) in [5, 5.41) is 0. The first-order valence-electron chi connectivity index (χ1n) is 4.61. The molecule has 0 saturated carbocycles. The van der Waals surface area contributed by atoms with Gasteiger partial charge in [-0.1, -0.05) is 28.1 Å². The second-order valence-corrected chi connectivity index (χ2v) is 4.41. The Morgan fingerprint density at radius 1 is 1.38 bits per heavy atom. The molecule has 1 aromatic heterocycles. The third-order valence-electron chi connectivity index (χ3n) is 2.03. The van der Waals surface area contributed by atoms with Crippen molar-refractivity contribution in [2.75, 3.05) is 0 Å². The van der Waals surface area contributed by atoms with Crippen molar-refractivity contribution in [3.63, 3.8) is 0 Å². The molecule has 1 N–H and O–H groups in total. The predicted octanol–water partition coefficient (Wildman–Crippen LogP) is 2.94. The van der Waals surface area contributed by atoms with Gasteiger partial charge in [0.15, 0.2) is 0 Å². The molecule has 16 heavy (non-hydrogen) atoms. The molecule has 0 aliphatic rings. The molecule has 0 aliphatic carbocycles. The van der Waals surface area contributed by atoms with Crippen molar-refractivity contribution < 1.29 is 0 Å². The SMILES string of the molecule is O=c1cc(CCl)nc(-c2cccc(Br)c2)[nH]1. The lowest BCUT2D eigenvalue weighted by Gasteiger charge is -2.02. The van der Waals surface area contributed by atoms with Crippen LogP contribution in [0.2, 0.25) is 0 Å². The molecular formula is C11H8BrClN2O. The average molecular weight is 300 g/mol. The molecule has 3 nitrogen and oxygen atoms in total. The van der Waals surface area contributed by atoms with Crippen molar-refractivity contribution in [2.45, 2.75) is 5.88 Å². The van der Waals surface area contributed by atoms with Gasteiger partial charge >= 0.3 is 0 Å². The number of alkyl halides is 1. The van der Waals surface area contributed by atoms with Crippen LogP contribution in [-0.2, 0) is 5.88 Å². The number of hydrogen-bond donors (Lipinski definition) is 1. The Balaban J connectivity index is 2.55. The summed E-state index contributed by atoms with van der Waals surface area (Å²) in [5.41, 5.74) is 1.22. The number of halogens is 2. The number of H-pyrrole nitrogens is 1. The van der Waals surface area contributed by atoms with Crippen LogP contribution in [0.1, 0.15) is 5.69 Å². The molecule has 1 aromatic carbocycles. The van der Waals surface area contributed by atoms with E-state index in [0.29, 0.717) is 11.5 Å². The van der Waals surface area contributed by atoms with Gasteiger partial charge in [-0.25, -0.2) is 4.98 Å². The summed E-state index contributed by atoms with van der Waals surface area (Å²) in [6, 6.07) is 8.95. The van der Waals surface area contributed by atoms with Crippen LogP contribution in [0, 0.1) is 0 Å². The summed E-state index contributed by atoms with van der Waals surface area (Å²) in [6.45, 7) is 0. The van der Waals surface area contributed by atoms with Gasteiger partial charge in [-0.05, 0) is 12.1 Å². The summed E-state index contributed by atoms with van der Waals surface area (Å²) in [7, 11) is 0. The maximum Gasteiger partial charge on any atom is 0.251 e. The number of aromatic amines is 1. The fourth-order valence-electron chi connectivity index (χ4n) is 1.35. The van der Waals surface area contributed by atoms with Crippen LogP contribution in [0.25, 0.3) is 11.4 Å². The highest BCUT2D eigenvalue weighted by Crippen LogP contribution is 2.19. The molecule has 0 spiro atoms. The summed E-state index contributed by atoms with van der Waals surface area (Å²) >= 11 is 9.03.